The smallest absolute Gasteiger partial charge is 0.319 e. The Bertz CT molecular complexity index is 6230. The molecule has 2 amide bonds. The normalized spacial score (nSPS) is 15.5. The Morgan fingerprint density at radius 1 is 0.421 bits per heavy atom. The summed E-state index contributed by atoms with van der Waals surface area (Å²) in [6.45, 7) is 34.1. The summed E-state index contributed by atoms with van der Waals surface area (Å²) in [6.07, 6.45) is 11.7. The molecule has 12 aromatic rings. The quantitative estimate of drug-likeness (QED) is 0.0229. The Labute approximate surface area is 740 Å². The van der Waals surface area contributed by atoms with E-state index < -0.39 is 45.3 Å². The van der Waals surface area contributed by atoms with Crippen LogP contribution in [0, 0.1) is 20.8 Å². The number of urea groups is 1. The van der Waals surface area contributed by atoms with Crippen LogP contribution in [-0.2, 0) is 29.5 Å². The predicted octanol–water partition coefficient (Wildman–Crippen LogP) is 19.3. The maximum absolute atomic E-state index is 13.1. The lowest BCUT2D eigenvalue weighted by Crippen LogP contribution is -2.43. The first-order chi connectivity index (χ1) is 60.0. The maximum atomic E-state index is 13.1. The molecule has 9 heterocycles. The SMILES string of the molecule is Cc1cc(Nc2nc(Nc3ccccc3S(=O)(=O)C(C)C)c3cc[nH]c3n2)c(OC(C)C)cc1C1CCCN(C)C1.Cc1cc(Nc2nc(Nc3ccccc3S(=O)(=O)C(C)C)c3cc[nH]c3n2)c(OC(C)C)cc1C1CCCNC1.Cc1cc(Nc2nc(Nc3ccccc3S(=O)(=O)C(C)C)c3cc[nH]c3n2)c(OC(C)C)cc1C1CCN(C(=O)N(C)C)CC1. The fourth-order valence-electron chi connectivity index (χ4n) is 16.2. The number of hydrogen-bond donors (Lipinski definition) is 10. The lowest BCUT2D eigenvalue weighted by Gasteiger charge is -2.34. The number of carbonyl (C=O) groups is 1. The fourth-order valence-corrected chi connectivity index (χ4v) is 19.8. The Hall–Kier alpha value is -11.6. The molecule has 3 aliphatic rings. The van der Waals surface area contributed by atoms with Crippen LogP contribution in [0.25, 0.3) is 33.1 Å². The van der Waals surface area contributed by atoms with Crippen LogP contribution in [0.5, 0.6) is 17.2 Å². The number of likely N-dealkylation sites (tertiary alicyclic amines) is 2. The molecule has 126 heavy (non-hydrogen) atoms. The number of H-pyrrole nitrogens is 3. The highest BCUT2D eigenvalue weighted by molar-refractivity contribution is 7.92. The molecule has 3 fully saturated rings. The van der Waals surface area contributed by atoms with E-state index in [1.54, 1.807) is 152 Å². The van der Waals surface area contributed by atoms with Crippen molar-refractivity contribution in [1.29, 1.82) is 0 Å². The van der Waals surface area contributed by atoms with E-state index in [1.165, 1.54) is 34.2 Å². The molecule has 2 atom stereocenters. The molecule has 0 spiro atoms. The number of nitrogens with one attached hydrogen (secondary N) is 10. The number of benzene rings is 6. The van der Waals surface area contributed by atoms with Crippen LogP contribution in [0.3, 0.4) is 0 Å². The molecular formula is C94H121N19O10S3. The number of nitrogens with zero attached hydrogens (tertiary/aromatic N) is 9. The number of anilines is 12. The second-order valence-corrected chi connectivity index (χ2v) is 42.0. The molecule has 29 nitrogen and oxygen atoms in total. The van der Waals surface area contributed by atoms with Crippen LogP contribution in [0.4, 0.5) is 74.2 Å². The number of piperidine rings is 3. The molecule has 10 N–H and O–H groups in total. The second kappa shape index (κ2) is 39.5. The number of aromatic nitrogens is 9. The first kappa shape index (κ1) is 92.1. The van der Waals surface area contributed by atoms with Crippen LogP contribution < -0.4 is 51.4 Å². The molecule has 0 aliphatic carbocycles. The average Bonchev–Trinajstić information content (AvgIpc) is 1.60. The van der Waals surface area contributed by atoms with Gasteiger partial charge in [0.25, 0.3) is 0 Å². The molecule has 3 aliphatic heterocycles. The molecule has 2 unspecified atom stereocenters. The van der Waals surface area contributed by atoms with E-state index in [0.29, 0.717) is 106 Å². The Morgan fingerprint density at radius 2 is 0.762 bits per heavy atom. The Kier molecular flexibility index (Phi) is 28.9. The van der Waals surface area contributed by atoms with E-state index in [9.17, 15) is 30.0 Å². The minimum Gasteiger partial charge on any atom is -0.489 e. The zero-order valence-corrected chi connectivity index (χ0v) is 77.8. The number of hydrogen-bond acceptors (Lipinski definition) is 24. The number of fused-ring (bicyclic) bond motifs is 3. The van der Waals surface area contributed by atoms with Gasteiger partial charge in [0.15, 0.2) is 29.5 Å². The van der Waals surface area contributed by atoms with Gasteiger partial charge in [-0.2, -0.15) is 29.9 Å². The van der Waals surface area contributed by atoms with E-state index in [1.807, 2.05) is 64.6 Å². The van der Waals surface area contributed by atoms with Gasteiger partial charge in [0.1, 0.15) is 51.6 Å². The van der Waals surface area contributed by atoms with Crippen molar-refractivity contribution in [3.8, 4) is 17.2 Å². The van der Waals surface area contributed by atoms with Gasteiger partial charge < -0.3 is 81.1 Å². The summed E-state index contributed by atoms with van der Waals surface area (Å²) in [5, 5.41) is 24.0. The minimum atomic E-state index is -3.54. The van der Waals surface area contributed by atoms with Gasteiger partial charge in [-0.3, -0.25) is 0 Å². The van der Waals surface area contributed by atoms with Gasteiger partial charge in [0.2, 0.25) is 17.8 Å². The van der Waals surface area contributed by atoms with E-state index >= 15 is 0 Å². The second-order valence-electron chi connectivity index (χ2n) is 34.6. The van der Waals surface area contributed by atoms with Crippen molar-refractivity contribution >= 4 is 138 Å². The molecular weight excluding hydrogens is 1650 g/mol. The number of aromatic amines is 3. The van der Waals surface area contributed by atoms with E-state index in [0.717, 1.165) is 109 Å². The summed E-state index contributed by atoms with van der Waals surface area (Å²) in [5.41, 5.74) is 12.8. The van der Waals surface area contributed by atoms with Crippen molar-refractivity contribution in [3.05, 3.63) is 179 Å². The topological polar surface area (TPSA) is 366 Å². The zero-order chi connectivity index (χ0) is 90.2. The van der Waals surface area contributed by atoms with Crippen LogP contribution in [0.1, 0.15) is 173 Å². The highest BCUT2D eigenvalue weighted by Gasteiger charge is 2.32. The number of rotatable bonds is 27. The molecule has 32 heteroatoms. The third-order valence-corrected chi connectivity index (χ3v) is 29.4. The number of sulfone groups is 3. The van der Waals surface area contributed by atoms with Gasteiger partial charge in [-0.25, -0.2) is 30.0 Å². The summed E-state index contributed by atoms with van der Waals surface area (Å²) >= 11 is 0. The molecule has 0 radical (unpaired) electrons. The largest absolute Gasteiger partial charge is 0.489 e. The van der Waals surface area contributed by atoms with E-state index in [2.05, 4.69) is 121 Å². The Morgan fingerprint density at radius 3 is 1.09 bits per heavy atom. The monoisotopic (exact) mass is 1770 g/mol. The molecule has 670 valence electrons. The summed E-state index contributed by atoms with van der Waals surface area (Å²) in [5.74, 6) is 5.92. The van der Waals surface area contributed by atoms with Crippen molar-refractivity contribution < 1.29 is 44.3 Å². The van der Waals surface area contributed by atoms with E-state index in [-0.39, 0.29) is 39.0 Å². The summed E-state index contributed by atoms with van der Waals surface area (Å²) in [7, 11) is -4.82. The number of carbonyl (C=O) groups excluding carboxylic acids is 1. The van der Waals surface area contributed by atoms with Crippen molar-refractivity contribution in [2.45, 2.75) is 209 Å². The number of para-hydroxylation sites is 3. The first-order valence-electron chi connectivity index (χ1n) is 43.5. The van der Waals surface area contributed by atoms with Crippen LogP contribution >= 0.6 is 0 Å². The lowest BCUT2D eigenvalue weighted by molar-refractivity contribution is 0.156. The van der Waals surface area contributed by atoms with Gasteiger partial charge >= 0.3 is 6.03 Å². The molecule has 15 rings (SSSR count). The Balaban J connectivity index is 0.000000162. The summed E-state index contributed by atoms with van der Waals surface area (Å²) < 4.78 is 97.3. The predicted molar refractivity (Wildman–Crippen MR) is 505 cm³/mol. The van der Waals surface area contributed by atoms with Crippen LogP contribution in [0.2, 0.25) is 0 Å². The molecule has 6 aromatic heterocycles. The molecule has 3 saturated heterocycles. The fraction of sp³-hybridized carbons (Fsp3) is 0.415. The molecule has 0 saturated carbocycles. The third kappa shape index (κ3) is 21.4. The highest BCUT2D eigenvalue weighted by Crippen LogP contribution is 2.44. The van der Waals surface area contributed by atoms with Crippen molar-refractivity contribution in [2.75, 3.05) is 92.3 Å². The maximum Gasteiger partial charge on any atom is 0.319 e. The van der Waals surface area contributed by atoms with Gasteiger partial charge in [-0.15, -0.1) is 0 Å². The zero-order valence-electron chi connectivity index (χ0n) is 75.4. The van der Waals surface area contributed by atoms with E-state index in [4.69, 9.17) is 44.1 Å². The van der Waals surface area contributed by atoms with Gasteiger partial charge in [0, 0.05) is 58.9 Å². The summed E-state index contributed by atoms with van der Waals surface area (Å²) in [6, 6.07) is 39.0. The van der Waals surface area contributed by atoms with Gasteiger partial charge in [-0.1, -0.05) is 36.4 Å². The highest BCUT2D eigenvalue weighted by atomic mass is 32.2. The van der Waals surface area contributed by atoms with Gasteiger partial charge in [0.05, 0.1) is 99.0 Å². The molecule has 6 aromatic carbocycles. The first-order valence-corrected chi connectivity index (χ1v) is 48.1. The average molecular weight is 1770 g/mol. The minimum absolute atomic E-state index is 0.0102. The summed E-state index contributed by atoms with van der Waals surface area (Å²) in [4.78, 5) is 57.0. The molecule has 0 bridgehead atoms. The van der Waals surface area contributed by atoms with Crippen LogP contribution in [-0.4, -0.2) is 185 Å². The third-order valence-electron chi connectivity index (χ3n) is 22.8. The standard InChI is InChI=1S/C33H43N7O4S.C31H40N6O3S.C30H38N6O3S/c1-20(2)44-28-19-25(23-13-16-40(17-14-23)33(41)39(6)7)22(5)18-27(28)36-32-37-30-24(12-15-34-30)31(38-32)35-26-10-8-9-11-29(26)45(42,43)21(3)4;1-19(2)40-27-17-24(22-10-9-15-37(6)18-22)21(5)16-26(27)34-31-35-29-23(13-14-32-29)30(36-31)33-25-11-7-8-12-28(25)41(38,39)20(3)4;1-18(2)39-26-16-23(21-9-8-13-31-17-21)20(5)15-25(26)34-30-35-28-22(12-14-32-28)29(36-30)33-24-10-6-7-11-27(24)40(37,38)19(3)4/h8-12,15,18-21,23H,13-14,16-17H2,1-7H3,(H3,34,35,36,37,38);7-8,11-14,16-17,19-20,22H,9-10,15,18H2,1-6H3,(H3,32,33,34,35,36);6-7,10-12,14-16,18-19,21,31H,8-9,13,17H2,1-5H3,(H3,32,33,34,35,36). The van der Waals surface area contributed by atoms with Crippen molar-refractivity contribution in [1.82, 2.24) is 64.9 Å². The van der Waals surface area contributed by atoms with Gasteiger partial charge in [-0.05, 0) is 305 Å². The van der Waals surface area contributed by atoms with Crippen molar-refractivity contribution in [3.63, 3.8) is 0 Å². The number of ether oxygens (including phenoxy) is 3. The number of likely N-dealkylation sites (N-methyl/N-ethyl adjacent to an activating group) is 1. The van der Waals surface area contributed by atoms with Crippen molar-refractivity contribution in [2.24, 2.45) is 0 Å². The number of amides is 2. The van der Waals surface area contributed by atoms with Crippen LogP contribution in [0.15, 0.2) is 161 Å². The number of aryl methyl sites for hydroxylation is 3. The lowest BCUT2D eigenvalue weighted by atomic mass is 9.86.